The van der Waals surface area contributed by atoms with E-state index in [1.807, 2.05) is 0 Å². The summed E-state index contributed by atoms with van der Waals surface area (Å²) in [7, 11) is 0. The Morgan fingerprint density at radius 1 is 1.28 bits per heavy atom. The van der Waals surface area contributed by atoms with Crippen molar-refractivity contribution in [2.24, 2.45) is 0 Å². The van der Waals surface area contributed by atoms with Crippen LogP contribution < -0.4 is 4.90 Å². The van der Waals surface area contributed by atoms with Crippen molar-refractivity contribution in [2.45, 2.75) is 23.9 Å². The number of aliphatic hydroxyl groups is 1. The molecule has 0 aromatic carbocycles. The van der Waals surface area contributed by atoms with E-state index < -0.39 is 16.0 Å². The van der Waals surface area contributed by atoms with Gasteiger partial charge in [-0.3, -0.25) is 20.2 Å². The van der Waals surface area contributed by atoms with Crippen LogP contribution >= 0.6 is 0 Å². The van der Waals surface area contributed by atoms with E-state index in [4.69, 9.17) is 5.11 Å². The summed E-state index contributed by atoms with van der Waals surface area (Å²) in [5.41, 5.74) is -2.61. The van der Waals surface area contributed by atoms with Gasteiger partial charge in [-0.05, 0) is 6.08 Å². The lowest BCUT2D eigenvalue weighted by atomic mass is 9.72. The fourth-order valence-electron chi connectivity index (χ4n) is 3.14. The highest BCUT2D eigenvalue weighted by Gasteiger charge is 2.64. The first kappa shape index (κ1) is 12.9. The van der Waals surface area contributed by atoms with Crippen LogP contribution in [-0.4, -0.2) is 52.3 Å². The van der Waals surface area contributed by atoms with E-state index in [0.29, 0.717) is 6.54 Å². The fraction of sp³-hybridized carbons (Fsp3) is 0.800. The molecule has 0 aromatic heterocycles. The molecular formula is C10H16N3O5+. The van der Waals surface area contributed by atoms with Crippen LogP contribution in [0.2, 0.25) is 0 Å². The molecule has 100 valence electrons. The predicted octanol–water partition coefficient (Wildman–Crippen LogP) is -1.74. The van der Waals surface area contributed by atoms with E-state index in [1.54, 1.807) is 6.08 Å². The summed E-state index contributed by atoms with van der Waals surface area (Å²) < 4.78 is 0. The smallest absolute Gasteiger partial charge is 0.294 e. The number of hydrogen-bond donors (Lipinski definition) is 2. The van der Waals surface area contributed by atoms with Crippen molar-refractivity contribution in [3.63, 3.8) is 0 Å². The molecule has 2 bridgehead atoms. The Kier molecular flexibility index (Phi) is 3.07. The standard InChI is InChI=1S/C10H15N3O5/c14-5-4-11-7-9(12(15)16)2-1-3-10(6-9,8-11)13(17)18/h1-2,14H,3-8H2/p+1/t9-,10+/m0/s1. The lowest BCUT2D eigenvalue weighted by molar-refractivity contribution is -0.943. The zero-order valence-electron chi connectivity index (χ0n) is 9.87. The third kappa shape index (κ3) is 1.87. The van der Waals surface area contributed by atoms with Gasteiger partial charge in [0.15, 0.2) is 6.54 Å². The quantitative estimate of drug-likeness (QED) is 0.353. The van der Waals surface area contributed by atoms with Crippen molar-refractivity contribution < 1.29 is 19.9 Å². The molecule has 1 heterocycles. The summed E-state index contributed by atoms with van der Waals surface area (Å²) in [6.45, 7) is 0.618. The Balaban J connectivity index is 2.38. The van der Waals surface area contributed by atoms with Crippen LogP contribution in [0.25, 0.3) is 0 Å². The summed E-state index contributed by atoms with van der Waals surface area (Å²) in [6, 6.07) is 0. The van der Waals surface area contributed by atoms with Crippen LogP contribution in [0.3, 0.4) is 0 Å². The summed E-state index contributed by atoms with van der Waals surface area (Å²) in [5.74, 6) is 0. The number of nitrogens with one attached hydrogen (secondary N) is 1. The maximum atomic E-state index is 11.3. The lowest BCUT2D eigenvalue weighted by Crippen LogP contribution is -3.18. The number of nitrogens with zero attached hydrogens (tertiary/aromatic N) is 2. The molecule has 0 amide bonds. The van der Waals surface area contributed by atoms with E-state index in [-0.39, 0.29) is 37.5 Å². The fourth-order valence-corrected chi connectivity index (χ4v) is 3.14. The number of aliphatic hydroxyl groups excluding tert-OH is 1. The maximum absolute atomic E-state index is 11.3. The molecule has 1 saturated heterocycles. The largest absolute Gasteiger partial charge is 0.391 e. The molecule has 2 N–H and O–H groups in total. The Hall–Kier alpha value is -1.54. The molecule has 2 aliphatic rings. The Morgan fingerprint density at radius 3 is 2.56 bits per heavy atom. The van der Waals surface area contributed by atoms with Gasteiger partial charge in [-0.25, -0.2) is 0 Å². The van der Waals surface area contributed by atoms with Crippen molar-refractivity contribution in [3.8, 4) is 0 Å². The molecule has 1 fully saturated rings. The molecule has 3 atom stereocenters. The van der Waals surface area contributed by atoms with Gasteiger partial charge in [-0.2, -0.15) is 0 Å². The Morgan fingerprint density at radius 2 is 2.00 bits per heavy atom. The zero-order valence-corrected chi connectivity index (χ0v) is 9.87. The maximum Gasteiger partial charge on any atom is 0.294 e. The van der Waals surface area contributed by atoms with Gasteiger partial charge in [-0.15, -0.1) is 0 Å². The number of hydrogen-bond acceptors (Lipinski definition) is 5. The minimum absolute atomic E-state index is 0.0502. The molecule has 8 heteroatoms. The summed E-state index contributed by atoms with van der Waals surface area (Å²) in [4.78, 5) is 22.5. The number of rotatable bonds is 4. The molecule has 1 aliphatic heterocycles. The van der Waals surface area contributed by atoms with Crippen LogP contribution in [0.5, 0.6) is 0 Å². The normalized spacial score (nSPS) is 38.4. The number of likely N-dealkylation sites (tertiary alicyclic amines) is 1. The van der Waals surface area contributed by atoms with Gasteiger partial charge in [0.1, 0.15) is 19.5 Å². The highest BCUT2D eigenvalue weighted by molar-refractivity contribution is 5.14. The molecule has 2 rings (SSSR count). The van der Waals surface area contributed by atoms with Gasteiger partial charge >= 0.3 is 0 Å². The SMILES string of the molecule is O=[N+]([O-])[C@]12C=CC[C@]([N+](=O)[O-])(C[NH+](CCO)C1)C2. The molecule has 0 radical (unpaired) electrons. The second kappa shape index (κ2) is 4.29. The molecular weight excluding hydrogens is 242 g/mol. The van der Waals surface area contributed by atoms with E-state index in [9.17, 15) is 20.2 Å². The van der Waals surface area contributed by atoms with Gasteiger partial charge in [-0.1, -0.05) is 6.08 Å². The zero-order chi connectivity index (χ0) is 13.4. The monoisotopic (exact) mass is 258 g/mol. The molecule has 1 aliphatic carbocycles. The van der Waals surface area contributed by atoms with E-state index in [1.165, 1.54) is 6.08 Å². The number of quaternary nitrogens is 1. The van der Waals surface area contributed by atoms with Gasteiger partial charge < -0.3 is 10.0 Å². The first-order valence-corrected chi connectivity index (χ1v) is 5.85. The topological polar surface area (TPSA) is 111 Å². The van der Waals surface area contributed by atoms with Crippen LogP contribution in [-0.2, 0) is 0 Å². The average Bonchev–Trinajstić information content (AvgIpc) is 2.28. The van der Waals surface area contributed by atoms with Crippen molar-refractivity contribution in [2.75, 3.05) is 26.2 Å². The molecule has 0 aromatic rings. The second-order valence-electron chi connectivity index (χ2n) is 5.20. The summed E-state index contributed by atoms with van der Waals surface area (Å²) >= 11 is 0. The second-order valence-corrected chi connectivity index (χ2v) is 5.20. The third-order valence-corrected chi connectivity index (χ3v) is 3.91. The van der Waals surface area contributed by atoms with E-state index in [2.05, 4.69) is 0 Å². The number of piperidine rings is 1. The highest BCUT2D eigenvalue weighted by Crippen LogP contribution is 2.35. The van der Waals surface area contributed by atoms with Gasteiger partial charge in [0, 0.05) is 16.3 Å². The van der Waals surface area contributed by atoms with Crippen LogP contribution in [0, 0.1) is 20.2 Å². The lowest BCUT2D eigenvalue weighted by Gasteiger charge is -2.41. The minimum atomic E-state index is -1.35. The molecule has 0 spiro atoms. The van der Waals surface area contributed by atoms with Crippen molar-refractivity contribution >= 4 is 0 Å². The Labute approximate surface area is 103 Å². The van der Waals surface area contributed by atoms with Gasteiger partial charge in [0.2, 0.25) is 0 Å². The number of fused-ring (bicyclic) bond motifs is 2. The highest BCUT2D eigenvalue weighted by atomic mass is 16.6. The minimum Gasteiger partial charge on any atom is -0.391 e. The predicted molar refractivity (Wildman–Crippen MR) is 60.5 cm³/mol. The average molecular weight is 258 g/mol. The third-order valence-electron chi connectivity index (χ3n) is 3.91. The van der Waals surface area contributed by atoms with E-state index in [0.717, 1.165) is 4.90 Å². The molecule has 18 heavy (non-hydrogen) atoms. The van der Waals surface area contributed by atoms with E-state index >= 15 is 0 Å². The van der Waals surface area contributed by atoms with Crippen LogP contribution in [0.4, 0.5) is 0 Å². The molecule has 0 saturated carbocycles. The Bertz CT molecular complexity index is 412. The van der Waals surface area contributed by atoms with Crippen molar-refractivity contribution in [3.05, 3.63) is 32.4 Å². The van der Waals surface area contributed by atoms with Crippen LogP contribution in [0.1, 0.15) is 12.8 Å². The summed E-state index contributed by atoms with van der Waals surface area (Å²) in [6.07, 6.45) is 3.23. The molecule has 1 unspecified atom stereocenters. The first-order valence-electron chi connectivity index (χ1n) is 5.85. The van der Waals surface area contributed by atoms with Crippen molar-refractivity contribution in [1.29, 1.82) is 0 Å². The summed E-state index contributed by atoms with van der Waals surface area (Å²) in [5, 5.41) is 31.5. The van der Waals surface area contributed by atoms with Gasteiger partial charge in [0.05, 0.1) is 6.61 Å². The van der Waals surface area contributed by atoms with Crippen molar-refractivity contribution in [1.82, 2.24) is 0 Å². The molecule has 8 nitrogen and oxygen atoms in total. The first-order chi connectivity index (χ1) is 8.44. The number of nitro groups is 2. The van der Waals surface area contributed by atoms with Crippen LogP contribution in [0.15, 0.2) is 12.2 Å². The van der Waals surface area contributed by atoms with Gasteiger partial charge in [0.25, 0.3) is 11.1 Å².